The number of hydrogen-bond acceptors (Lipinski definition) is 4. The van der Waals surface area contributed by atoms with Gasteiger partial charge in [0.25, 0.3) is 0 Å². The molecule has 1 amide bonds. The molecule has 0 aliphatic rings. The van der Waals surface area contributed by atoms with Crippen molar-refractivity contribution in [1.82, 2.24) is 10.3 Å². The highest BCUT2D eigenvalue weighted by Crippen LogP contribution is 2.24. The molecule has 2 N–H and O–H groups in total. The number of carboxylic acid groups (broad SMARTS) is 1. The van der Waals surface area contributed by atoms with E-state index in [1.54, 1.807) is 0 Å². The highest BCUT2D eigenvalue weighted by molar-refractivity contribution is 7.09. The largest absolute Gasteiger partial charge is 0.480 e. The molecule has 1 rings (SSSR count). The molecular formula is C12H18N2O3S. The number of carbonyl (C=O) groups excluding carboxylic acids is 1. The third-order valence-electron chi connectivity index (χ3n) is 2.37. The molecule has 0 aromatic carbocycles. The van der Waals surface area contributed by atoms with E-state index in [-0.39, 0.29) is 17.7 Å². The van der Waals surface area contributed by atoms with E-state index in [0.29, 0.717) is 0 Å². The average molecular weight is 270 g/mol. The molecule has 0 saturated heterocycles. The predicted octanol–water partition coefficient (Wildman–Crippen LogP) is 1.57. The van der Waals surface area contributed by atoms with Crippen molar-refractivity contribution in [3.63, 3.8) is 0 Å². The van der Waals surface area contributed by atoms with Crippen LogP contribution in [0, 0.1) is 0 Å². The molecule has 6 heteroatoms. The summed E-state index contributed by atoms with van der Waals surface area (Å²) in [5.74, 6) is -1.40. The zero-order valence-corrected chi connectivity index (χ0v) is 11.8. The summed E-state index contributed by atoms with van der Waals surface area (Å²) in [5, 5.41) is 14.1. The second-order valence-corrected chi connectivity index (χ2v) is 6.11. The Hall–Kier alpha value is -1.43. The van der Waals surface area contributed by atoms with Gasteiger partial charge in [-0.25, -0.2) is 9.78 Å². The lowest BCUT2D eigenvalue weighted by Gasteiger charge is -2.14. The molecule has 1 aromatic rings. The van der Waals surface area contributed by atoms with Crippen molar-refractivity contribution in [2.24, 2.45) is 0 Å². The molecule has 0 saturated carbocycles. The van der Waals surface area contributed by atoms with Crippen molar-refractivity contribution >= 4 is 23.2 Å². The molecule has 0 bridgehead atoms. The number of rotatable bonds is 4. The van der Waals surface area contributed by atoms with Gasteiger partial charge in [-0.2, -0.15) is 0 Å². The van der Waals surface area contributed by atoms with Crippen LogP contribution in [0.5, 0.6) is 0 Å². The minimum Gasteiger partial charge on any atom is -0.480 e. The first-order chi connectivity index (χ1) is 8.20. The predicted molar refractivity (Wildman–Crippen MR) is 69.8 cm³/mol. The van der Waals surface area contributed by atoms with Crippen molar-refractivity contribution in [1.29, 1.82) is 0 Å². The number of aliphatic carboxylic acids is 1. The van der Waals surface area contributed by atoms with E-state index in [1.807, 2.05) is 26.2 Å². The Morgan fingerprint density at radius 2 is 2.11 bits per heavy atom. The van der Waals surface area contributed by atoms with Crippen LogP contribution in [-0.2, 0) is 21.4 Å². The highest BCUT2D eigenvalue weighted by atomic mass is 32.1. The van der Waals surface area contributed by atoms with Crippen molar-refractivity contribution in [2.45, 2.75) is 45.6 Å². The molecule has 18 heavy (non-hydrogen) atoms. The smallest absolute Gasteiger partial charge is 0.326 e. The van der Waals surface area contributed by atoms with Gasteiger partial charge in [-0.3, -0.25) is 4.79 Å². The number of carboxylic acids is 1. The van der Waals surface area contributed by atoms with E-state index in [9.17, 15) is 9.59 Å². The van der Waals surface area contributed by atoms with Gasteiger partial charge in [0.1, 0.15) is 6.04 Å². The summed E-state index contributed by atoms with van der Waals surface area (Å²) < 4.78 is 0. The van der Waals surface area contributed by atoms with Crippen molar-refractivity contribution in [2.75, 3.05) is 0 Å². The van der Waals surface area contributed by atoms with Crippen LogP contribution in [0.25, 0.3) is 0 Å². The van der Waals surface area contributed by atoms with Gasteiger partial charge >= 0.3 is 5.97 Å². The number of carbonyl (C=O) groups is 2. The van der Waals surface area contributed by atoms with Gasteiger partial charge in [0.2, 0.25) is 5.91 Å². The Kier molecular flexibility index (Phi) is 4.45. The van der Waals surface area contributed by atoms with Crippen LogP contribution >= 0.6 is 11.3 Å². The molecule has 1 unspecified atom stereocenters. The summed E-state index contributed by atoms with van der Waals surface area (Å²) in [6.45, 7) is 7.45. The molecule has 0 spiro atoms. The molecular weight excluding hydrogens is 252 g/mol. The number of amides is 1. The Labute approximate surface area is 110 Å². The third kappa shape index (κ3) is 4.10. The number of nitrogens with one attached hydrogen (secondary N) is 1. The molecule has 1 heterocycles. The van der Waals surface area contributed by atoms with E-state index >= 15 is 0 Å². The molecule has 1 atom stereocenters. The quantitative estimate of drug-likeness (QED) is 0.870. The molecule has 0 radical (unpaired) electrons. The number of hydrogen-bond donors (Lipinski definition) is 2. The summed E-state index contributed by atoms with van der Waals surface area (Å²) in [4.78, 5) is 26.3. The molecule has 1 aromatic heterocycles. The highest BCUT2D eigenvalue weighted by Gasteiger charge is 2.22. The molecule has 0 aliphatic heterocycles. The SMILES string of the molecule is CC(=O)NC(Cc1nc(C(C)(C)C)cs1)C(=O)O. The van der Waals surface area contributed by atoms with E-state index < -0.39 is 12.0 Å². The van der Waals surface area contributed by atoms with Crippen molar-refractivity contribution < 1.29 is 14.7 Å². The monoisotopic (exact) mass is 270 g/mol. The minimum atomic E-state index is -1.04. The maximum absolute atomic E-state index is 11.0. The summed E-state index contributed by atoms with van der Waals surface area (Å²) in [5.41, 5.74) is 0.885. The lowest BCUT2D eigenvalue weighted by Crippen LogP contribution is -2.41. The second kappa shape index (κ2) is 5.48. The van der Waals surface area contributed by atoms with Crippen LogP contribution in [0.3, 0.4) is 0 Å². The van der Waals surface area contributed by atoms with E-state index in [1.165, 1.54) is 18.3 Å². The lowest BCUT2D eigenvalue weighted by atomic mass is 9.93. The first kappa shape index (κ1) is 14.6. The molecule has 5 nitrogen and oxygen atoms in total. The van der Waals surface area contributed by atoms with Crippen LogP contribution < -0.4 is 5.32 Å². The number of nitrogens with zero attached hydrogens (tertiary/aromatic N) is 1. The van der Waals surface area contributed by atoms with Crippen LogP contribution in [0.2, 0.25) is 0 Å². The Morgan fingerprint density at radius 1 is 1.50 bits per heavy atom. The number of thiazole rings is 1. The fourth-order valence-corrected chi connectivity index (χ4v) is 2.44. The maximum Gasteiger partial charge on any atom is 0.326 e. The van der Waals surface area contributed by atoms with Gasteiger partial charge in [-0.15, -0.1) is 11.3 Å². The Balaban J connectivity index is 2.79. The summed E-state index contributed by atoms with van der Waals surface area (Å²) in [6, 6.07) is -0.915. The minimum absolute atomic E-state index is 0.0541. The van der Waals surface area contributed by atoms with Gasteiger partial charge in [-0.1, -0.05) is 20.8 Å². The standard InChI is InChI=1S/C12H18N2O3S/c1-7(15)13-8(11(16)17)5-10-14-9(6-18-10)12(2,3)4/h6,8H,5H2,1-4H3,(H,13,15)(H,16,17). The van der Waals surface area contributed by atoms with E-state index in [0.717, 1.165) is 10.7 Å². The topological polar surface area (TPSA) is 79.3 Å². The first-order valence-electron chi connectivity index (χ1n) is 5.65. The Bertz CT molecular complexity index is 448. The third-order valence-corrected chi connectivity index (χ3v) is 3.25. The maximum atomic E-state index is 11.0. The normalized spacial score (nSPS) is 13.1. The summed E-state index contributed by atoms with van der Waals surface area (Å²) in [7, 11) is 0. The zero-order valence-electron chi connectivity index (χ0n) is 11.0. The molecule has 100 valence electrons. The van der Waals surface area contributed by atoms with Gasteiger partial charge in [0.05, 0.1) is 10.7 Å². The van der Waals surface area contributed by atoms with Gasteiger partial charge in [-0.05, 0) is 0 Å². The molecule has 0 aliphatic carbocycles. The van der Waals surface area contributed by atoms with Gasteiger partial charge in [0.15, 0.2) is 0 Å². The van der Waals surface area contributed by atoms with Gasteiger partial charge < -0.3 is 10.4 Å². The fourth-order valence-electron chi connectivity index (χ4n) is 1.37. The average Bonchev–Trinajstić information content (AvgIpc) is 2.63. The van der Waals surface area contributed by atoms with E-state index in [2.05, 4.69) is 10.3 Å². The summed E-state index contributed by atoms with van der Waals surface area (Å²) >= 11 is 1.42. The van der Waals surface area contributed by atoms with Crippen LogP contribution in [0.15, 0.2) is 5.38 Å². The van der Waals surface area contributed by atoms with Crippen LogP contribution in [-0.4, -0.2) is 28.0 Å². The van der Waals surface area contributed by atoms with Crippen molar-refractivity contribution in [3.05, 3.63) is 16.1 Å². The van der Waals surface area contributed by atoms with Crippen molar-refractivity contribution in [3.8, 4) is 0 Å². The molecule has 0 fully saturated rings. The van der Waals surface area contributed by atoms with Gasteiger partial charge in [0, 0.05) is 24.1 Å². The van der Waals surface area contributed by atoms with E-state index in [4.69, 9.17) is 5.11 Å². The number of aromatic nitrogens is 1. The zero-order chi connectivity index (χ0) is 13.9. The summed E-state index contributed by atoms with van der Waals surface area (Å²) in [6.07, 6.45) is 0.218. The first-order valence-corrected chi connectivity index (χ1v) is 6.53. The lowest BCUT2D eigenvalue weighted by molar-refractivity contribution is -0.141. The second-order valence-electron chi connectivity index (χ2n) is 5.17. The van der Waals surface area contributed by atoms with Crippen LogP contribution in [0.4, 0.5) is 0 Å². The van der Waals surface area contributed by atoms with Crippen LogP contribution in [0.1, 0.15) is 38.4 Å². The fraction of sp³-hybridized carbons (Fsp3) is 0.583. The Morgan fingerprint density at radius 3 is 2.50 bits per heavy atom.